The van der Waals surface area contributed by atoms with Gasteiger partial charge in [-0.25, -0.2) is 16.8 Å². The minimum atomic E-state index is -3.68. The van der Waals surface area contributed by atoms with Gasteiger partial charge in [-0.3, -0.25) is 19.9 Å². The molecule has 12 nitrogen and oxygen atoms in total. The van der Waals surface area contributed by atoms with Crippen molar-refractivity contribution in [3.8, 4) is 22.8 Å². The van der Waals surface area contributed by atoms with Crippen LogP contribution in [-0.4, -0.2) is 46.7 Å². The number of benzene rings is 2. The summed E-state index contributed by atoms with van der Waals surface area (Å²) in [6, 6.07) is 43.2. The zero-order valence-corrected chi connectivity index (χ0v) is 38.5. The van der Waals surface area contributed by atoms with Crippen LogP contribution in [0.4, 0.5) is 11.6 Å². The summed E-state index contributed by atoms with van der Waals surface area (Å²) in [6.45, 7) is 7.52. The molecule has 0 bridgehead atoms. The van der Waals surface area contributed by atoms with Crippen LogP contribution in [0, 0.1) is 27.7 Å². The van der Waals surface area contributed by atoms with E-state index >= 15 is 0 Å². The summed E-state index contributed by atoms with van der Waals surface area (Å²) in [4.78, 5) is 24.9. The van der Waals surface area contributed by atoms with Crippen LogP contribution in [0.2, 0.25) is 0 Å². The van der Waals surface area contributed by atoms with Gasteiger partial charge in [-0.15, -0.1) is 0 Å². The van der Waals surface area contributed by atoms with Crippen LogP contribution >= 0.6 is 0 Å². The zero-order chi connectivity index (χ0) is 42.8. The number of sulfonamides is 2. The molecule has 0 saturated carbocycles. The average Bonchev–Trinajstić information content (AvgIpc) is 3.26. The third-order valence-corrected chi connectivity index (χ3v) is 10.6. The van der Waals surface area contributed by atoms with Gasteiger partial charge in [-0.1, -0.05) is 107 Å². The van der Waals surface area contributed by atoms with E-state index in [1.165, 1.54) is 0 Å². The average molecular weight is 1050 g/mol. The summed E-state index contributed by atoms with van der Waals surface area (Å²) in [5, 5.41) is 0. The van der Waals surface area contributed by atoms with Crippen molar-refractivity contribution in [2.45, 2.75) is 37.5 Å². The van der Waals surface area contributed by atoms with E-state index in [4.69, 9.17) is 0 Å². The summed E-state index contributed by atoms with van der Waals surface area (Å²) < 4.78 is 55.5. The van der Waals surface area contributed by atoms with Crippen LogP contribution in [0.15, 0.2) is 193 Å². The molecule has 0 aliphatic heterocycles. The van der Waals surface area contributed by atoms with Crippen LogP contribution in [0.3, 0.4) is 0 Å². The van der Waals surface area contributed by atoms with Gasteiger partial charge in [-0.2, -0.15) is 0 Å². The SMILES string of the molecule is Cc1ccc(S(=O)(=O)[N-]c2cc(C)ccn2)cc1.Cc1ccc(S(=O)(=O)[N-]c2cc(C)ccn2)cc1.[Ag+].[Ag+].c1ccc(-c2ccccn2)nc1.c1ccc(-c2ccccn2)nc1. The van der Waals surface area contributed by atoms with Crippen molar-refractivity contribution in [2.75, 3.05) is 0 Å². The standard InChI is InChI=1S/2C13H13N2O2S.2C10H8N2.2Ag/c2*1-10-3-5-12(6-4-10)18(16,17)15-13-9-11(2)7-8-14-13;2*1-3-7-11-9(5-1)10-6-2-4-8-12-10;;/h2*3-9H,1-2H3;2*1-8H;;/q2*-1;;;2*+1. The molecule has 0 radical (unpaired) electrons. The molecular formula is C46H42Ag2N8O4S2. The predicted molar refractivity (Wildman–Crippen MR) is 236 cm³/mol. The van der Waals surface area contributed by atoms with Gasteiger partial charge in [0.15, 0.2) is 0 Å². The second kappa shape index (κ2) is 25.3. The summed E-state index contributed by atoms with van der Waals surface area (Å²) in [6.07, 6.45) is 10.2. The molecule has 0 aliphatic rings. The molecule has 8 aromatic rings. The normalized spacial score (nSPS) is 10.3. The minimum Gasteiger partial charge on any atom is -0.442 e. The second-order valence-electron chi connectivity index (χ2n) is 13.0. The number of pyridine rings is 6. The van der Waals surface area contributed by atoms with Crippen LogP contribution in [-0.2, 0) is 64.8 Å². The summed E-state index contributed by atoms with van der Waals surface area (Å²) in [7, 11) is -7.37. The van der Waals surface area contributed by atoms with Crippen LogP contribution in [0.25, 0.3) is 32.2 Å². The molecule has 6 heterocycles. The number of rotatable bonds is 8. The Morgan fingerprint density at radius 3 is 0.871 bits per heavy atom. The van der Waals surface area contributed by atoms with Crippen LogP contribution in [0.1, 0.15) is 22.3 Å². The maximum atomic E-state index is 12.0. The Morgan fingerprint density at radius 1 is 0.339 bits per heavy atom. The maximum Gasteiger partial charge on any atom is 1.00 e. The first kappa shape index (κ1) is 50.7. The van der Waals surface area contributed by atoms with E-state index in [1.54, 1.807) is 110 Å². The molecule has 0 fully saturated rings. The Hall–Kier alpha value is -5.68. The molecule has 0 aliphatic carbocycles. The van der Waals surface area contributed by atoms with Crippen molar-refractivity contribution < 1.29 is 61.6 Å². The third-order valence-electron chi connectivity index (χ3n) is 8.05. The molecule has 62 heavy (non-hydrogen) atoms. The maximum absolute atomic E-state index is 12.0. The van der Waals surface area contributed by atoms with Crippen LogP contribution in [0.5, 0.6) is 0 Å². The Balaban J connectivity index is 0.000000221. The van der Waals surface area contributed by atoms with Gasteiger partial charge in [-0.05, 0) is 112 Å². The van der Waals surface area contributed by atoms with E-state index in [-0.39, 0.29) is 66.2 Å². The Labute approximate surface area is 395 Å². The largest absolute Gasteiger partial charge is 1.00 e. The van der Waals surface area contributed by atoms with E-state index in [9.17, 15) is 16.8 Å². The minimum absolute atomic E-state index is 0. The molecule has 0 spiro atoms. The molecule has 2 aromatic carbocycles. The van der Waals surface area contributed by atoms with Crippen molar-refractivity contribution >= 4 is 31.7 Å². The van der Waals surface area contributed by atoms with Crippen molar-refractivity contribution in [3.63, 3.8) is 0 Å². The summed E-state index contributed by atoms with van der Waals surface area (Å²) in [5.74, 6) is 0.408. The molecule has 6 aromatic heterocycles. The number of aromatic nitrogens is 6. The van der Waals surface area contributed by atoms with Crippen LogP contribution < -0.4 is 0 Å². The molecule has 16 heteroatoms. The van der Waals surface area contributed by atoms with Gasteiger partial charge in [0.1, 0.15) is 0 Å². The molecule has 324 valence electrons. The van der Waals surface area contributed by atoms with Gasteiger partial charge >= 0.3 is 44.8 Å². The van der Waals surface area contributed by atoms with Gasteiger partial charge in [0.2, 0.25) is 20.0 Å². The fourth-order valence-corrected chi connectivity index (χ4v) is 6.83. The fourth-order valence-electron chi connectivity index (χ4n) is 4.97. The first-order chi connectivity index (χ1) is 28.9. The molecule has 0 unspecified atom stereocenters. The first-order valence-electron chi connectivity index (χ1n) is 18.5. The number of aryl methyl sites for hydroxylation is 4. The van der Waals surface area contributed by atoms with E-state index in [0.29, 0.717) is 0 Å². The Kier molecular flexibility index (Phi) is 20.7. The second-order valence-corrected chi connectivity index (χ2v) is 16.2. The number of hydrogen-bond donors (Lipinski definition) is 0. The Morgan fingerprint density at radius 2 is 0.629 bits per heavy atom. The number of nitrogens with zero attached hydrogens (tertiary/aromatic N) is 8. The van der Waals surface area contributed by atoms with Gasteiger partial charge in [0.05, 0.1) is 32.6 Å². The summed E-state index contributed by atoms with van der Waals surface area (Å²) >= 11 is 0. The van der Waals surface area contributed by atoms with Gasteiger partial charge in [0, 0.05) is 24.8 Å². The molecular weight excluding hydrogens is 1010 g/mol. The monoisotopic (exact) mass is 1050 g/mol. The molecule has 0 amide bonds. The van der Waals surface area contributed by atoms with Crippen molar-refractivity contribution in [1.82, 2.24) is 29.9 Å². The van der Waals surface area contributed by atoms with E-state index in [2.05, 4.69) is 39.3 Å². The quantitative estimate of drug-likeness (QED) is 0.133. The van der Waals surface area contributed by atoms with Crippen molar-refractivity contribution in [1.29, 1.82) is 0 Å². The predicted octanol–water partition coefficient (Wildman–Crippen LogP) is 10.5. The zero-order valence-electron chi connectivity index (χ0n) is 34.0. The Bertz CT molecular complexity index is 2490. The van der Waals surface area contributed by atoms with E-state index in [0.717, 1.165) is 45.0 Å². The number of hydrogen-bond acceptors (Lipinski definition) is 10. The van der Waals surface area contributed by atoms with Crippen molar-refractivity contribution in [2.24, 2.45) is 0 Å². The van der Waals surface area contributed by atoms with E-state index < -0.39 is 20.0 Å². The van der Waals surface area contributed by atoms with Crippen molar-refractivity contribution in [3.05, 3.63) is 214 Å². The smallest absolute Gasteiger partial charge is 0.442 e. The molecule has 0 saturated heterocycles. The van der Waals surface area contributed by atoms with Gasteiger partial charge < -0.3 is 19.4 Å². The fraction of sp³-hybridized carbons (Fsp3) is 0.0870. The third kappa shape index (κ3) is 16.6. The summed E-state index contributed by atoms with van der Waals surface area (Å²) in [5.41, 5.74) is 7.50. The van der Waals surface area contributed by atoms with E-state index in [1.807, 2.05) is 100 Å². The molecule has 8 rings (SSSR count). The topological polar surface area (TPSA) is 174 Å². The molecule has 0 N–H and O–H groups in total. The van der Waals surface area contributed by atoms with Gasteiger partial charge in [0.25, 0.3) is 0 Å². The molecule has 0 atom stereocenters. The first-order valence-corrected chi connectivity index (χ1v) is 21.4.